The number of para-hydroxylation sites is 1. The van der Waals surface area contributed by atoms with Crippen molar-refractivity contribution in [2.45, 2.75) is 24.7 Å². The maximum Gasteiger partial charge on any atom is 0.261 e. The molecule has 0 amide bonds. The standard InChI is InChI=1S/C18H17BrN2O/c1-2-15(19)17-20-16-11-7-6-10-14(16)18(22)21(17)12-13-8-4-3-5-9-13/h3-11,15H,2,12H2,1H3. The lowest BCUT2D eigenvalue weighted by Gasteiger charge is -2.16. The summed E-state index contributed by atoms with van der Waals surface area (Å²) >= 11 is 3.65. The highest BCUT2D eigenvalue weighted by molar-refractivity contribution is 9.09. The Morgan fingerprint density at radius 2 is 1.77 bits per heavy atom. The maximum atomic E-state index is 12.9. The van der Waals surface area contributed by atoms with E-state index in [-0.39, 0.29) is 10.4 Å². The molecule has 0 saturated carbocycles. The van der Waals surface area contributed by atoms with Crippen LogP contribution in [0.5, 0.6) is 0 Å². The Morgan fingerprint density at radius 3 is 2.50 bits per heavy atom. The Labute approximate surface area is 137 Å². The van der Waals surface area contributed by atoms with Crippen molar-refractivity contribution >= 4 is 26.8 Å². The van der Waals surface area contributed by atoms with Crippen molar-refractivity contribution in [3.05, 3.63) is 76.3 Å². The molecular formula is C18H17BrN2O. The fourth-order valence-corrected chi connectivity index (χ4v) is 2.88. The van der Waals surface area contributed by atoms with E-state index in [0.717, 1.165) is 23.3 Å². The normalized spacial score (nSPS) is 12.5. The van der Waals surface area contributed by atoms with E-state index in [2.05, 4.69) is 22.9 Å². The summed E-state index contributed by atoms with van der Waals surface area (Å²) in [6.45, 7) is 2.61. The summed E-state index contributed by atoms with van der Waals surface area (Å²) in [5, 5.41) is 0.665. The lowest BCUT2D eigenvalue weighted by Crippen LogP contribution is -2.26. The van der Waals surface area contributed by atoms with Gasteiger partial charge in [0.25, 0.3) is 5.56 Å². The van der Waals surface area contributed by atoms with Gasteiger partial charge in [-0.15, -0.1) is 0 Å². The summed E-state index contributed by atoms with van der Waals surface area (Å²) < 4.78 is 1.78. The van der Waals surface area contributed by atoms with E-state index in [9.17, 15) is 4.79 Å². The van der Waals surface area contributed by atoms with Crippen LogP contribution >= 0.6 is 15.9 Å². The average molecular weight is 357 g/mol. The van der Waals surface area contributed by atoms with Crippen molar-refractivity contribution in [2.75, 3.05) is 0 Å². The van der Waals surface area contributed by atoms with E-state index in [4.69, 9.17) is 4.98 Å². The van der Waals surface area contributed by atoms with Crippen molar-refractivity contribution in [1.29, 1.82) is 0 Å². The number of benzene rings is 2. The van der Waals surface area contributed by atoms with Crippen LogP contribution in [-0.4, -0.2) is 9.55 Å². The Hall–Kier alpha value is -1.94. The fourth-order valence-electron chi connectivity index (χ4n) is 2.53. The quantitative estimate of drug-likeness (QED) is 0.653. The zero-order valence-electron chi connectivity index (χ0n) is 12.4. The number of hydrogen-bond acceptors (Lipinski definition) is 2. The van der Waals surface area contributed by atoms with Crippen LogP contribution in [0.3, 0.4) is 0 Å². The molecule has 4 heteroatoms. The van der Waals surface area contributed by atoms with Crippen LogP contribution in [0.15, 0.2) is 59.4 Å². The molecule has 0 aliphatic heterocycles. The summed E-state index contributed by atoms with van der Waals surface area (Å²) in [6, 6.07) is 17.5. The SMILES string of the molecule is CCC(Br)c1nc2ccccc2c(=O)n1Cc1ccccc1. The molecule has 0 spiro atoms. The minimum Gasteiger partial charge on any atom is -0.291 e. The van der Waals surface area contributed by atoms with Gasteiger partial charge in [-0.3, -0.25) is 9.36 Å². The molecule has 0 N–H and O–H groups in total. The molecule has 1 aromatic heterocycles. The van der Waals surface area contributed by atoms with E-state index in [1.54, 1.807) is 4.57 Å². The third-order valence-electron chi connectivity index (χ3n) is 3.71. The third-order valence-corrected chi connectivity index (χ3v) is 4.77. The van der Waals surface area contributed by atoms with Crippen LogP contribution in [0.2, 0.25) is 0 Å². The zero-order chi connectivity index (χ0) is 15.5. The van der Waals surface area contributed by atoms with Crippen molar-refractivity contribution in [3.63, 3.8) is 0 Å². The molecule has 0 aliphatic carbocycles. The lowest BCUT2D eigenvalue weighted by molar-refractivity contribution is 0.662. The molecule has 0 fully saturated rings. The monoisotopic (exact) mass is 356 g/mol. The van der Waals surface area contributed by atoms with Crippen LogP contribution in [0, 0.1) is 0 Å². The van der Waals surface area contributed by atoms with E-state index in [1.807, 2.05) is 54.6 Å². The second-order valence-electron chi connectivity index (χ2n) is 5.24. The molecule has 0 radical (unpaired) electrons. The van der Waals surface area contributed by atoms with Gasteiger partial charge in [-0.05, 0) is 24.1 Å². The zero-order valence-corrected chi connectivity index (χ0v) is 14.0. The Kier molecular flexibility index (Phi) is 4.39. The van der Waals surface area contributed by atoms with Gasteiger partial charge in [0.05, 0.1) is 22.3 Å². The second kappa shape index (κ2) is 6.44. The number of hydrogen-bond donors (Lipinski definition) is 0. The minimum atomic E-state index is 0.0161. The number of nitrogens with zero attached hydrogens (tertiary/aromatic N) is 2. The largest absolute Gasteiger partial charge is 0.291 e. The number of rotatable bonds is 4. The number of halogens is 1. The highest BCUT2D eigenvalue weighted by Crippen LogP contribution is 2.25. The van der Waals surface area contributed by atoms with Crippen LogP contribution in [0.1, 0.15) is 29.6 Å². The summed E-state index contributed by atoms with van der Waals surface area (Å²) in [5.74, 6) is 0.787. The lowest BCUT2D eigenvalue weighted by atomic mass is 10.2. The Bertz CT molecular complexity index is 843. The van der Waals surface area contributed by atoms with Crippen molar-refractivity contribution in [3.8, 4) is 0 Å². The van der Waals surface area contributed by atoms with Crippen molar-refractivity contribution in [1.82, 2.24) is 9.55 Å². The van der Waals surface area contributed by atoms with Gasteiger partial charge in [-0.25, -0.2) is 4.98 Å². The van der Waals surface area contributed by atoms with Crippen LogP contribution in [0.25, 0.3) is 10.9 Å². The first-order chi connectivity index (χ1) is 10.7. The Balaban J connectivity index is 2.21. The van der Waals surface area contributed by atoms with Gasteiger partial charge < -0.3 is 0 Å². The summed E-state index contributed by atoms with van der Waals surface area (Å²) in [6.07, 6.45) is 0.875. The molecule has 0 saturated heterocycles. The fraction of sp³-hybridized carbons (Fsp3) is 0.222. The molecule has 0 bridgehead atoms. The minimum absolute atomic E-state index is 0.0161. The molecular weight excluding hydrogens is 340 g/mol. The van der Waals surface area contributed by atoms with Gasteiger partial charge in [0.1, 0.15) is 5.82 Å². The van der Waals surface area contributed by atoms with Crippen molar-refractivity contribution in [2.24, 2.45) is 0 Å². The first kappa shape index (κ1) is 15.0. The van der Waals surface area contributed by atoms with Crippen LogP contribution in [0.4, 0.5) is 0 Å². The van der Waals surface area contributed by atoms with Gasteiger partial charge in [0, 0.05) is 0 Å². The summed E-state index contributed by atoms with van der Waals surface area (Å²) in [4.78, 5) is 17.7. The predicted molar refractivity (Wildman–Crippen MR) is 93.5 cm³/mol. The molecule has 0 aliphatic rings. The van der Waals surface area contributed by atoms with Gasteiger partial charge in [0.15, 0.2) is 0 Å². The molecule has 3 rings (SSSR count). The third kappa shape index (κ3) is 2.83. The molecule has 1 heterocycles. The highest BCUT2D eigenvalue weighted by Gasteiger charge is 2.16. The van der Waals surface area contributed by atoms with Crippen LogP contribution in [-0.2, 0) is 6.54 Å². The molecule has 3 nitrogen and oxygen atoms in total. The molecule has 22 heavy (non-hydrogen) atoms. The van der Waals surface area contributed by atoms with Gasteiger partial charge >= 0.3 is 0 Å². The first-order valence-electron chi connectivity index (χ1n) is 7.38. The molecule has 1 unspecified atom stereocenters. The Morgan fingerprint density at radius 1 is 1.09 bits per heavy atom. The van der Waals surface area contributed by atoms with E-state index < -0.39 is 0 Å². The summed E-state index contributed by atoms with van der Waals surface area (Å²) in [7, 11) is 0. The maximum absolute atomic E-state index is 12.9. The van der Waals surface area contributed by atoms with Gasteiger partial charge in [-0.1, -0.05) is 65.3 Å². The molecule has 1 atom stereocenters. The highest BCUT2D eigenvalue weighted by atomic mass is 79.9. The predicted octanol–water partition coefficient (Wildman–Crippen LogP) is 4.29. The molecule has 3 aromatic rings. The topological polar surface area (TPSA) is 34.9 Å². The molecule has 2 aromatic carbocycles. The smallest absolute Gasteiger partial charge is 0.261 e. The van der Waals surface area contributed by atoms with Crippen LogP contribution < -0.4 is 5.56 Å². The van der Waals surface area contributed by atoms with Gasteiger partial charge in [-0.2, -0.15) is 0 Å². The van der Waals surface area contributed by atoms with E-state index in [0.29, 0.717) is 11.9 Å². The first-order valence-corrected chi connectivity index (χ1v) is 8.29. The van der Waals surface area contributed by atoms with Crippen molar-refractivity contribution < 1.29 is 0 Å². The number of fused-ring (bicyclic) bond motifs is 1. The van der Waals surface area contributed by atoms with E-state index in [1.165, 1.54) is 0 Å². The van der Waals surface area contributed by atoms with E-state index >= 15 is 0 Å². The number of aromatic nitrogens is 2. The molecule has 112 valence electrons. The number of alkyl halides is 1. The average Bonchev–Trinajstić information content (AvgIpc) is 2.57. The second-order valence-corrected chi connectivity index (χ2v) is 6.35. The van der Waals surface area contributed by atoms with Gasteiger partial charge in [0.2, 0.25) is 0 Å². The summed E-state index contributed by atoms with van der Waals surface area (Å²) in [5.41, 5.74) is 1.87.